The van der Waals surface area contributed by atoms with Gasteiger partial charge in [-0.25, -0.2) is 4.39 Å². The van der Waals surface area contributed by atoms with E-state index in [4.69, 9.17) is 4.42 Å². The monoisotopic (exact) mass is 283 g/mol. The molecule has 1 fully saturated rings. The first-order valence-electron chi connectivity index (χ1n) is 6.54. The topological polar surface area (TPSA) is 25.2 Å². The summed E-state index contributed by atoms with van der Waals surface area (Å²) >= 11 is 0. The van der Waals surface area contributed by atoms with Gasteiger partial charge in [-0.05, 0) is 49.0 Å². The first-order valence-corrected chi connectivity index (χ1v) is 6.54. The Labute approximate surface area is 118 Å². The average Bonchev–Trinajstić information content (AvgIpc) is 2.76. The highest BCUT2D eigenvalue weighted by molar-refractivity contribution is 5.85. The van der Waals surface area contributed by atoms with Gasteiger partial charge in [0.15, 0.2) is 0 Å². The van der Waals surface area contributed by atoms with Crippen molar-refractivity contribution in [3.63, 3.8) is 0 Å². The Hall–Kier alpha value is -1.06. The molecule has 0 spiro atoms. The van der Waals surface area contributed by atoms with Crippen molar-refractivity contribution in [1.82, 2.24) is 5.32 Å². The summed E-state index contributed by atoms with van der Waals surface area (Å²) in [5, 5.41) is 4.28. The van der Waals surface area contributed by atoms with Crippen LogP contribution in [0.5, 0.6) is 0 Å². The Bertz CT molecular complexity index is 558. The van der Waals surface area contributed by atoms with Crippen molar-refractivity contribution in [3.8, 4) is 0 Å². The van der Waals surface area contributed by atoms with Gasteiger partial charge in [0, 0.05) is 10.9 Å². The standard InChI is InChI=1S/C15H18FNO.ClH/c1-9-7-17-8-10(2)14(9)13-6-12(16)5-11-3-4-18-15(11)13;/h3-6,9-10,14,17H,7-8H2,1-2H3;1H. The highest BCUT2D eigenvalue weighted by Crippen LogP contribution is 2.38. The lowest BCUT2D eigenvalue weighted by Crippen LogP contribution is -2.39. The van der Waals surface area contributed by atoms with Crippen LogP contribution in [0.4, 0.5) is 4.39 Å². The molecule has 0 bridgehead atoms. The van der Waals surface area contributed by atoms with E-state index in [1.54, 1.807) is 18.4 Å². The summed E-state index contributed by atoms with van der Waals surface area (Å²) in [6, 6.07) is 5.02. The lowest BCUT2D eigenvalue weighted by molar-refractivity contribution is 0.267. The van der Waals surface area contributed by atoms with Crippen molar-refractivity contribution >= 4 is 23.4 Å². The van der Waals surface area contributed by atoms with E-state index < -0.39 is 0 Å². The van der Waals surface area contributed by atoms with Gasteiger partial charge >= 0.3 is 0 Å². The van der Waals surface area contributed by atoms with E-state index >= 15 is 0 Å². The molecule has 0 aliphatic carbocycles. The smallest absolute Gasteiger partial charge is 0.137 e. The number of benzene rings is 1. The summed E-state index contributed by atoms with van der Waals surface area (Å²) in [6.07, 6.45) is 1.64. The predicted octanol–water partition coefficient (Wildman–Crippen LogP) is 3.95. The van der Waals surface area contributed by atoms with Gasteiger partial charge in [0.05, 0.1) is 6.26 Å². The molecular formula is C15H19ClFNO. The number of fused-ring (bicyclic) bond motifs is 1. The fourth-order valence-electron chi connectivity index (χ4n) is 3.29. The van der Waals surface area contributed by atoms with Crippen molar-refractivity contribution in [1.29, 1.82) is 0 Å². The molecule has 0 amide bonds. The minimum Gasteiger partial charge on any atom is -0.464 e. The third-order valence-electron chi connectivity index (χ3n) is 4.06. The highest BCUT2D eigenvalue weighted by atomic mass is 35.5. The molecule has 1 N–H and O–H groups in total. The van der Waals surface area contributed by atoms with Crippen LogP contribution in [-0.2, 0) is 0 Å². The molecule has 104 valence electrons. The molecule has 2 unspecified atom stereocenters. The van der Waals surface area contributed by atoms with E-state index in [1.807, 2.05) is 6.07 Å². The van der Waals surface area contributed by atoms with E-state index in [-0.39, 0.29) is 18.2 Å². The van der Waals surface area contributed by atoms with Crippen molar-refractivity contribution in [2.45, 2.75) is 19.8 Å². The van der Waals surface area contributed by atoms with E-state index in [1.165, 1.54) is 0 Å². The molecule has 3 rings (SSSR count). The number of hydrogen-bond donors (Lipinski definition) is 1. The lowest BCUT2D eigenvalue weighted by atomic mass is 9.75. The average molecular weight is 284 g/mol. The number of furan rings is 1. The Balaban J connectivity index is 0.00000133. The van der Waals surface area contributed by atoms with Crippen molar-refractivity contribution in [2.24, 2.45) is 11.8 Å². The number of halogens is 2. The second-order valence-electron chi connectivity index (χ2n) is 5.47. The number of piperidine rings is 1. The van der Waals surface area contributed by atoms with Crippen LogP contribution in [0.2, 0.25) is 0 Å². The third-order valence-corrected chi connectivity index (χ3v) is 4.06. The normalized spacial score (nSPS) is 27.2. The van der Waals surface area contributed by atoms with E-state index in [0.29, 0.717) is 17.8 Å². The summed E-state index contributed by atoms with van der Waals surface area (Å²) < 4.78 is 19.3. The minimum atomic E-state index is -0.170. The fraction of sp³-hybridized carbons (Fsp3) is 0.467. The first-order chi connectivity index (χ1) is 8.66. The lowest BCUT2D eigenvalue weighted by Gasteiger charge is -2.35. The predicted molar refractivity (Wildman–Crippen MR) is 77.4 cm³/mol. The third kappa shape index (κ3) is 2.49. The molecule has 0 radical (unpaired) electrons. The molecule has 1 saturated heterocycles. The number of rotatable bonds is 1. The molecule has 1 aromatic carbocycles. The van der Waals surface area contributed by atoms with E-state index in [2.05, 4.69) is 19.2 Å². The number of hydrogen-bond acceptors (Lipinski definition) is 2. The molecule has 19 heavy (non-hydrogen) atoms. The van der Waals surface area contributed by atoms with Crippen LogP contribution in [0.1, 0.15) is 25.3 Å². The van der Waals surface area contributed by atoms with Crippen LogP contribution in [0.25, 0.3) is 11.0 Å². The summed E-state index contributed by atoms with van der Waals surface area (Å²) in [5.41, 5.74) is 1.87. The van der Waals surface area contributed by atoms with Gasteiger partial charge in [-0.15, -0.1) is 12.4 Å². The molecule has 4 heteroatoms. The fourth-order valence-corrected chi connectivity index (χ4v) is 3.29. The Morgan fingerprint density at radius 1 is 1.21 bits per heavy atom. The SMILES string of the molecule is CC1CNCC(C)C1c1cc(F)cc2ccoc12.Cl. The minimum absolute atomic E-state index is 0. The quantitative estimate of drug-likeness (QED) is 0.857. The molecule has 2 heterocycles. The van der Waals surface area contributed by atoms with Gasteiger partial charge in [0.25, 0.3) is 0 Å². The van der Waals surface area contributed by atoms with Gasteiger partial charge in [0.1, 0.15) is 11.4 Å². The summed E-state index contributed by atoms with van der Waals surface area (Å²) in [6.45, 7) is 6.39. The van der Waals surface area contributed by atoms with Crippen LogP contribution in [0.3, 0.4) is 0 Å². The molecule has 2 atom stereocenters. The maximum atomic E-state index is 13.7. The molecule has 1 aliphatic rings. The Morgan fingerprint density at radius 2 is 1.89 bits per heavy atom. The molecule has 2 nitrogen and oxygen atoms in total. The molecule has 1 aliphatic heterocycles. The van der Waals surface area contributed by atoms with Crippen molar-refractivity contribution < 1.29 is 8.81 Å². The Morgan fingerprint density at radius 3 is 2.58 bits per heavy atom. The van der Waals surface area contributed by atoms with Crippen LogP contribution >= 0.6 is 12.4 Å². The maximum Gasteiger partial charge on any atom is 0.137 e. The van der Waals surface area contributed by atoms with Crippen LogP contribution in [-0.4, -0.2) is 13.1 Å². The van der Waals surface area contributed by atoms with Gasteiger partial charge in [-0.2, -0.15) is 0 Å². The summed E-state index contributed by atoms with van der Waals surface area (Å²) in [4.78, 5) is 0. The maximum absolute atomic E-state index is 13.7. The highest BCUT2D eigenvalue weighted by Gasteiger charge is 2.31. The van der Waals surface area contributed by atoms with Crippen LogP contribution in [0, 0.1) is 17.7 Å². The molecule has 2 aromatic rings. The molecular weight excluding hydrogens is 265 g/mol. The van der Waals surface area contributed by atoms with Crippen molar-refractivity contribution in [2.75, 3.05) is 13.1 Å². The first kappa shape index (κ1) is 14.4. The summed E-state index contributed by atoms with van der Waals surface area (Å²) in [5.74, 6) is 1.17. The van der Waals surface area contributed by atoms with Gasteiger partial charge in [-0.1, -0.05) is 13.8 Å². The molecule has 1 aromatic heterocycles. The second kappa shape index (κ2) is 5.51. The van der Waals surface area contributed by atoms with Gasteiger partial charge in [-0.3, -0.25) is 0 Å². The largest absolute Gasteiger partial charge is 0.464 e. The van der Waals surface area contributed by atoms with E-state index in [0.717, 1.165) is 29.6 Å². The van der Waals surface area contributed by atoms with Gasteiger partial charge < -0.3 is 9.73 Å². The van der Waals surface area contributed by atoms with Gasteiger partial charge in [0.2, 0.25) is 0 Å². The summed E-state index contributed by atoms with van der Waals surface area (Å²) in [7, 11) is 0. The Kier molecular flexibility index (Phi) is 4.16. The zero-order chi connectivity index (χ0) is 12.7. The van der Waals surface area contributed by atoms with Crippen LogP contribution in [0.15, 0.2) is 28.9 Å². The number of nitrogens with one attached hydrogen (secondary N) is 1. The molecule has 0 saturated carbocycles. The van der Waals surface area contributed by atoms with E-state index in [9.17, 15) is 4.39 Å². The second-order valence-corrected chi connectivity index (χ2v) is 5.47. The van der Waals surface area contributed by atoms with Crippen molar-refractivity contribution in [3.05, 3.63) is 35.8 Å². The zero-order valence-electron chi connectivity index (χ0n) is 11.2. The zero-order valence-corrected chi connectivity index (χ0v) is 12.0. The van der Waals surface area contributed by atoms with Crippen LogP contribution < -0.4 is 5.32 Å².